The van der Waals surface area contributed by atoms with Crippen molar-refractivity contribution in [1.82, 2.24) is 0 Å². The van der Waals surface area contributed by atoms with Crippen LogP contribution in [0.25, 0.3) is 5.57 Å². The summed E-state index contributed by atoms with van der Waals surface area (Å²) in [6.45, 7) is 16.3. The maximum Gasteiger partial charge on any atom is 0.0713 e. The third kappa shape index (κ3) is 3.63. The van der Waals surface area contributed by atoms with E-state index in [1.165, 1.54) is 33.4 Å². The van der Waals surface area contributed by atoms with Crippen LogP contribution in [-0.2, 0) is 5.41 Å². The fourth-order valence-corrected chi connectivity index (χ4v) is 4.19. The van der Waals surface area contributed by atoms with Crippen LogP contribution in [0.1, 0.15) is 49.9 Å². The molecule has 0 nitrogen and oxygen atoms in total. The predicted molar refractivity (Wildman–Crippen MR) is 129 cm³/mol. The van der Waals surface area contributed by atoms with Crippen LogP contribution in [-0.4, -0.2) is 0 Å². The van der Waals surface area contributed by atoms with E-state index in [0.717, 1.165) is 0 Å². The van der Waals surface area contributed by atoms with Gasteiger partial charge in [0.05, 0.1) is 5.41 Å². The lowest BCUT2D eigenvalue weighted by molar-refractivity contribution is 0.762. The molecule has 0 saturated heterocycles. The van der Waals surface area contributed by atoms with Gasteiger partial charge in [0.15, 0.2) is 0 Å². The number of hydrogen-bond donors (Lipinski definition) is 0. The fourth-order valence-electron chi connectivity index (χ4n) is 4.19. The van der Waals surface area contributed by atoms with Crippen molar-refractivity contribution < 1.29 is 0 Å². The first-order valence-corrected chi connectivity index (χ1v) is 10.5. The van der Waals surface area contributed by atoms with Crippen LogP contribution in [0.3, 0.4) is 0 Å². The topological polar surface area (TPSA) is 0 Å². The van der Waals surface area contributed by atoms with E-state index in [0.29, 0.717) is 0 Å². The average Bonchev–Trinajstić information content (AvgIpc) is 3.13. The van der Waals surface area contributed by atoms with Gasteiger partial charge in [0.1, 0.15) is 0 Å². The molecule has 4 rings (SSSR count). The average molecular weight is 381 g/mol. The zero-order valence-corrected chi connectivity index (χ0v) is 18.2. The van der Waals surface area contributed by atoms with Crippen molar-refractivity contribution in [3.63, 3.8) is 0 Å². The van der Waals surface area contributed by atoms with E-state index in [1.807, 2.05) is 39.8 Å². The Morgan fingerprint density at radius 2 is 1.03 bits per heavy atom. The maximum atomic E-state index is 4.16. The van der Waals surface area contributed by atoms with E-state index in [1.54, 1.807) is 0 Å². The largest absolute Gasteiger partial charge is 0.0987 e. The lowest BCUT2D eigenvalue weighted by atomic mass is 9.67. The summed E-state index contributed by atoms with van der Waals surface area (Å²) in [5.74, 6) is 0. The Kier molecular flexibility index (Phi) is 7.98. The smallest absolute Gasteiger partial charge is 0.0713 e. The molecule has 1 aliphatic rings. The van der Waals surface area contributed by atoms with E-state index in [4.69, 9.17) is 0 Å². The van der Waals surface area contributed by atoms with E-state index >= 15 is 0 Å². The Hall–Kier alpha value is -3.12. The minimum atomic E-state index is -0.357. The van der Waals surface area contributed by atoms with Crippen molar-refractivity contribution in [3.8, 4) is 0 Å². The van der Waals surface area contributed by atoms with Gasteiger partial charge in [-0.25, -0.2) is 0 Å². The second-order valence-corrected chi connectivity index (χ2v) is 6.26. The first-order valence-electron chi connectivity index (χ1n) is 10.5. The highest BCUT2D eigenvalue weighted by atomic mass is 14.5. The van der Waals surface area contributed by atoms with Crippen LogP contribution >= 0.6 is 0 Å². The highest BCUT2D eigenvalue weighted by molar-refractivity contribution is 5.91. The molecule has 0 aromatic heterocycles. The predicted octanol–water partition coefficient (Wildman–Crippen LogP) is 8.21. The van der Waals surface area contributed by atoms with Crippen LogP contribution in [0.2, 0.25) is 0 Å². The summed E-state index contributed by atoms with van der Waals surface area (Å²) in [6.07, 6.45) is 3.96. The second-order valence-electron chi connectivity index (χ2n) is 6.26. The Bertz CT molecular complexity index is 920. The summed E-state index contributed by atoms with van der Waals surface area (Å²) in [5.41, 5.74) is 7.03. The minimum absolute atomic E-state index is 0.357. The highest BCUT2D eigenvalue weighted by Crippen LogP contribution is 2.54. The first kappa shape index (κ1) is 22.2. The SMILES string of the molecule is C=CC1=C(C=C)C(c2ccccc2)(c2ccccc2)c2ccccc21.CC.CC. The maximum absolute atomic E-state index is 4.16. The monoisotopic (exact) mass is 380 g/mol. The molecule has 0 radical (unpaired) electrons. The van der Waals surface area contributed by atoms with Gasteiger partial charge in [0, 0.05) is 0 Å². The van der Waals surface area contributed by atoms with Gasteiger partial charge in [0.2, 0.25) is 0 Å². The molecule has 29 heavy (non-hydrogen) atoms. The fraction of sp³-hybridized carbons (Fsp3) is 0.172. The zero-order chi connectivity index (χ0) is 21.3. The van der Waals surface area contributed by atoms with Gasteiger partial charge in [0.25, 0.3) is 0 Å². The third-order valence-electron chi connectivity index (χ3n) is 5.14. The molecule has 0 saturated carbocycles. The Morgan fingerprint density at radius 1 is 0.586 bits per heavy atom. The summed E-state index contributed by atoms with van der Waals surface area (Å²) >= 11 is 0. The van der Waals surface area contributed by atoms with Crippen molar-refractivity contribution in [1.29, 1.82) is 0 Å². The van der Waals surface area contributed by atoms with Gasteiger partial charge in [-0.3, -0.25) is 0 Å². The lowest BCUT2D eigenvalue weighted by Crippen LogP contribution is -2.29. The summed E-state index contributed by atoms with van der Waals surface area (Å²) in [4.78, 5) is 0. The molecule has 148 valence electrons. The number of rotatable bonds is 4. The molecule has 1 aliphatic carbocycles. The van der Waals surface area contributed by atoms with Crippen LogP contribution in [0.4, 0.5) is 0 Å². The molecule has 0 spiro atoms. The molecule has 0 N–H and O–H groups in total. The third-order valence-corrected chi connectivity index (χ3v) is 5.14. The molecule has 0 atom stereocenters. The van der Waals surface area contributed by atoms with Crippen molar-refractivity contribution in [3.05, 3.63) is 138 Å². The van der Waals surface area contributed by atoms with Crippen LogP contribution in [0.15, 0.2) is 116 Å². The molecule has 0 unspecified atom stereocenters. The first-order chi connectivity index (χ1) is 14.3. The summed E-state index contributed by atoms with van der Waals surface area (Å²) < 4.78 is 0. The Balaban J connectivity index is 0.000000707. The number of fused-ring (bicyclic) bond motifs is 1. The minimum Gasteiger partial charge on any atom is -0.0987 e. The standard InChI is InChI=1S/C25H20.2C2H6/c1-3-21-22-17-11-12-18-24(22)25(23(21)4-2,19-13-7-5-8-14-19)20-15-9-6-10-16-20;2*1-2/h3-18H,1-2H2;2*1-2H3. The summed E-state index contributed by atoms with van der Waals surface area (Å²) in [7, 11) is 0. The molecule has 0 heterocycles. The number of benzene rings is 3. The van der Waals surface area contributed by atoms with E-state index in [9.17, 15) is 0 Å². The molecule has 0 bridgehead atoms. The quantitative estimate of drug-likeness (QED) is 0.428. The number of hydrogen-bond acceptors (Lipinski definition) is 0. The summed E-state index contributed by atoms with van der Waals surface area (Å²) in [5, 5.41) is 0. The summed E-state index contributed by atoms with van der Waals surface area (Å²) in [6, 6.07) is 30.0. The zero-order valence-electron chi connectivity index (χ0n) is 18.2. The van der Waals surface area contributed by atoms with Gasteiger partial charge < -0.3 is 0 Å². The van der Waals surface area contributed by atoms with E-state index in [2.05, 4.69) is 98.1 Å². The Labute approximate surface area is 176 Å². The highest BCUT2D eigenvalue weighted by Gasteiger charge is 2.45. The van der Waals surface area contributed by atoms with Crippen molar-refractivity contribution in [2.75, 3.05) is 0 Å². The molecule has 0 aliphatic heterocycles. The van der Waals surface area contributed by atoms with Gasteiger partial charge in [-0.1, -0.05) is 138 Å². The molecule has 0 amide bonds. The molecular weight excluding hydrogens is 348 g/mol. The van der Waals surface area contributed by atoms with Crippen molar-refractivity contribution in [2.24, 2.45) is 0 Å². The number of allylic oxidation sites excluding steroid dienone is 4. The lowest BCUT2D eigenvalue weighted by Gasteiger charge is -2.34. The Morgan fingerprint density at radius 3 is 1.48 bits per heavy atom. The van der Waals surface area contributed by atoms with Crippen LogP contribution < -0.4 is 0 Å². The molecule has 0 fully saturated rings. The molecular formula is C29H32. The van der Waals surface area contributed by atoms with Crippen LogP contribution in [0, 0.1) is 0 Å². The second kappa shape index (κ2) is 10.4. The van der Waals surface area contributed by atoms with Gasteiger partial charge in [-0.15, -0.1) is 0 Å². The van der Waals surface area contributed by atoms with Gasteiger partial charge in [-0.05, 0) is 33.4 Å². The normalized spacial score (nSPS) is 13.2. The van der Waals surface area contributed by atoms with E-state index in [-0.39, 0.29) is 5.41 Å². The molecule has 0 heteroatoms. The van der Waals surface area contributed by atoms with E-state index < -0.39 is 0 Å². The van der Waals surface area contributed by atoms with Crippen LogP contribution in [0.5, 0.6) is 0 Å². The molecule has 3 aromatic carbocycles. The van der Waals surface area contributed by atoms with Crippen molar-refractivity contribution >= 4 is 5.57 Å². The van der Waals surface area contributed by atoms with Gasteiger partial charge >= 0.3 is 0 Å². The van der Waals surface area contributed by atoms with Crippen molar-refractivity contribution in [2.45, 2.75) is 33.1 Å². The molecule has 3 aromatic rings. The van der Waals surface area contributed by atoms with Gasteiger partial charge in [-0.2, -0.15) is 0 Å².